The molecule has 0 heterocycles. The van der Waals surface area contributed by atoms with E-state index in [1.807, 2.05) is 12.1 Å². The maximum atomic E-state index is 11.2. The normalized spacial score (nSPS) is 10.2. The summed E-state index contributed by atoms with van der Waals surface area (Å²) in [5, 5.41) is 11.3. The van der Waals surface area contributed by atoms with Gasteiger partial charge in [0.05, 0.1) is 0 Å². The van der Waals surface area contributed by atoms with Crippen molar-refractivity contribution < 1.29 is 19.4 Å². The SMILES string of the molecule is C=C(C)C(=O)OCCOc1ccc2c(O)cccc2c1. The second-order valence-electron chi connectivity index (χ2n) is 4.42. The summed E-state index contributed by atoms with van der Waals surface area (Å²) in [5.74, 6) is 0.482. The van der Waals surface area contributed by atoms with Gasteiger partial charge in [-0.05, 0) is 36.6 Å². The summed E-state index contributed by atoms with van der Waals surface area (Å²) in [4.78, 5) is 11.2. The molecule has 0 saturated heterocycles. The van der Waals surface area contributed by atoms with Crippen LogP contribution in [0.4, 0.5) is 0 Å². The van der Waals surface area contributed by atoms with Crippen molar-refractivity contribution in [2.24, 2.45) is 0 Å². The van der Waals surface area contributed by atoms with Gasteiger partial charge in [0, 0.05) is 11.0 Å². The van der Waals surface area contributed by atoms with E-state index >= 15 is 0 Å². The lowest BCUT2D eigenvalue weighted by Gasteiger charge is -2.08. The Morgan fingerprint density at radius 1 is 1.25 bits per heavy atom. The number of benzene rings is 2. The molecule has 0 aliphatic rings. The molecular formula is C16H16O4. The van der Waals surface area contributed by atoms with Gasteiger partial charge in [-0.25, -0.2) is 4.79 Å². The topological polar surface area (TPSA) is 55.8 Å². The highest BCUT2D eigenvalue weighted by molar-refractivity contribution is 5.89. The molecule has 4 heteroatoms. The van der Waals surface area contributed by atoms with Crippen molar-refractivity contribution in [3.05, 3.63) is 48.6 Å². The molecule has 0 aliphatic heterocycles. The number of phenolic OH excluding ortho intramolecular Hbond substituents is 1. The minimum absolute atomic E-state index is 0.170. The van der Waals surface area contributed by atoms with E-state index in [0.717, 1.165) is 10.8 Å². The van der Waals surface area contributed by atoms with Crippen LogP contribution in [-0.4, -0.2) is 24.3 Å². The number of ether oxygens (including phenoxy) is 2. The predicted molar refractivity (Wildman–Crippen MR) is 76.9 cm³/mol. The van der Waals surface area contributed by atoms with Crippen LogP contribution in [0.2, 0.25) is 0 Å². The number of phenols is 1. The molecule has 0 amide bonds. The monoisotopic (exact) mass is 272 g/mol. The van der Waals surface area contributed by atoms with Crippen molar-refractivity contribution >= 4 is 16.7 Å². The van der Waals surface area contributed by atoms with Gasteiger partial charge < -0.3 is 14.6 Å². The number of carbonyl (C=O) groups excluding carboxylic acids is 1. The van der Waals surface area contributed by atoms with Gasteiger partial charge in [-0.3, -0.25) is 0 Å². The third-order valence-electron chi connectivity index (χ3n) is 2.76. The van der Waals surface area contributed by atoms with Gasteiger partial charge in [-0.2, -0.15) is 0 Å². The molecule has 0 fully saturated rings. The van der Waals surface area contributed by atoms with Crippen molar-refractivity contribution in [2.45, 2.75) is 6.92 Å². The highest BCUT2D eigenvalue weighted by Gasteiger charge is 2.04. The molecule has 104 valence electrons. The summed E-state index contributed by atoms with van der Waals surface area (Å²) in [6.07, 6.45) is 0. The third-order valence-corrected chi connectivity index (χ3v) is 2.76. The number of hydrogen-bond donors (Lipinski definition) is 1. The lowest BCUT2D eigenvalue weighted by Crippen LogP contribution is -2.12. The molecule has 4 nitrogen and oxygen atoms in total. The number of rotatable bonds is 5. The Morgan fingerprint density at radius 2 is 2.05 bits per heavy atom. The first-order valence-corrected chi connectivity index (χ1v) is 6.25. The van der Waals surface area contributed by atoms with E-state index in [-0.39, 0.29) is 19.0 Å². The molecule has 0 bridgehead atoms. The van der Waals surface area contributed by atoms with Crippen molar-refractivity contribution in [3.8, 4) is 11.5 Å². The largest absolute Gasteiger partial charge is 0.507 e. The minimum atomic E-state index is -0.419. The molecule has 1 N–H and O–H groups in total. The lowest BCUT2D eigenvalue weighted by atomic mass is 10.1. The Labute approximate surface area is 117 Å². The van der Waals surface area contributed by atoms with Crippen LogP contribution >= 0.6 is 0 Å². The van der Waals surface area contributed by atoms with Gasteiger partial charge in [-0.15, -0.1) is 0 Å². The van der Waals surface area contributed by atoms with Crippen LogP contribution < -0.4 is 4.74 Å². The summed E-state index contributed by atoms with van der Waals surface area (Å²) in [5.41, 5.74) is 0.367. The average Bonchev–Trinajstić information content (AvgIpc) is 2.43. The number of carbonyl (C=O) groups is 1. The zero-order chi connectivity index (χ0) is 14.5. The second-order valence-corrected chi connectivity index (χ2v) is 4.42. The van der Waals surface area contributed by atoms with Crippen molar-refractivity contribution in [2.75, 3.05) is 13.2 Å². The smallest absolute Gasteiger partial charge is 0.333 e. The number of hydrogen-bond acceptors (Lipinski definition) is 4. The molecular weight excluding hydrogens is 256 g/mol. The minimum Gasteiger partial charge on any atom is -0.507 e. The van der Waals surface area contributed by atoms with E-state index in [2.05, 4.69) is 6.58 Å². The molecule has 2 rings (SSSR count). The average molecular weight is 272 g/mol. The number of aromatic hydroxyl groups is 1. The highest BCUT2D eigenvalue weighted by Crippen LogP contribution is 2.27. The van der Waals surface area contributed by atoms with Crippen molar-refractivity contribution in [3.63, 3.8) is 0 Å². The Bertz CT molecular complexity index is 646. The Hall–Kier alpha value is -2.49. The quantitative estimate of drug-likeness (QED) is 0.516. The second kappa shape index (κ2) is 6.10. The van der Waals surface area contributed by atoms with Crippen LogP contribution in [0.15, 0.2) is 48.6 Å². The molecule has 0 unspecified atom stereocenters. The van der Waals surface area contributed by atoms with Crippen LogP contribution in [0.1, 0.15) is 6.92 Å². The standard InChI is InChI=1S/C16H16O4/c1-11(2)16(18)20-9-8-19-13-6-7-14-12(10-13)4-3-5-15(14)17/h3-7,10,17H,1,8-9H2,2H3. The Kier molecular flexibility index (Phi) is 4.25. The van der Waals surface area contributed by atoms with Gasteiger partial charge in [0.15, 0.2) is 0 Å². The van der Waals surface area contributed by atoms with E-state index in [1.54, 1.807) is 31.2 Å². The fourth-order valence-electron chi connectivity index (χ4n) is 1.75. The van der Waals surface area contributed by atoms with Gasteiger partial charge in [0.1, 0.15) is 24.7 Å². The van der Waals surface area contributed by atoms with Gasteiger partial charge in [0.25, 0.3) is 0 Å². The van der Waals surface area contributed by atoms with E-state index in [0.29, 0.717) is 11.3 Å². The van der Waals surface area contributed by atoms with E-state index in [9.17, 15) is 9.90 Å². The maximum Gasteiger partial charge on any atom is 0.333 e. The van der Waals surface area contributed by atoms with Crippen molar-refractivity contribution in [1.82, 2.24) is 0 Å². The molecule has 0 aromatic heterocycles. The first-order valence-electron chi connectivity index (χ1n) is 6.25. The first kappa shape index (κ1) is 13.9. The molecule has 0 atom stereocenters. The Morgan fingerprint density at radius 3 is 2.80 bits per heavy atom. The molecule has 0 spiro atoms. The van der Waals surface area contributed by atoms with Gasteiger partial charge in [0.2, 0.25) is 0 Å². The molecule has 0 saturated carbocycles. The van der Waals surface area contributed by atoms with Gasteiger partial charge >= 0.3 is 5.97 Å². The first-order chi connectivity index (χ1) is 9.58. The van der Waals surface area contributed by atoms with Crippen LogP contribution in [0.5, 0.6) is 11.5 Å². The summed E-state index contributed by atoms with van der Waals surface area (Å²) < 4.78 is 10.4. The van der Waals surface area contributed by atoms with Crippen molar-refractivity contribution in [1.29, 1.82) is 0 Å². The third kappa shape index (κ3) is 3.29. The molecule has 20 heavy (non-hydrogen) atoms. The lowest BCUT2D eigenvalue weighted by molar-refractivity contribution is -0.139. The molecule has 2 aromatic carbocycles. The summed E-state index contributed by atoms with van der Waals surface area (Å²) in [6, 6.07) is 10.7. The zero-order valence-corrected chi connectivity index (χ0v) is 11.3. The molecule has 2 aromatic rings. The summed E-state index contributed by atoms with van der Waals surface area (Å²) >= 11 is 0. The van der Waals surface area contributed by atoms with Crippen LogP contribution in [0.25, 0.3) is 10.8 Å². The fourth-order valence-corrected chi connectivity index (χ4v) is 1.75. The van der Waals surface area contributed by atoms with E-state index in [4.69, 9.17) is 9.47 Å². The highest BCUT2D eigenvalue weighted by atomic mass is 16.6. The number of esters is 1. The van der Waals surface area contributed by atoms with Crippen LogP contribution in [0.3, 0.4) is 0 Å². The predicted octanol–water partition coefficient (Wildman–Crippen LogP) is 3.04. The van der Waals surface area contributed by atoms with E-state index < -0.39 is 5.97 Å². The molecule has 0 aliphatic carbocycles. The number of fused-ring (bicyclic) bond motifs is 1. The fraction of sp³-hybridized carbons (Fsp3) is 0.188. The maximum absolute atomic E-state index is 11.2. The zero-order valence-electron chi connectivity index (χ0n) is 11.3. The summed E-state index contributed by atoms with van der Waals surface area (Å²) in [7, 11) is 0. The summed E-state index contributed by atoms with van der Waals surface area (Å²) in [6.45, 7) is 5.53. The molecule has 0 radical (unpaired) electrons. The van der Waals surface area contributed by atoms with Crippen LogP contribution in [0, 0.1) is 0 Å². The Balaban J connectivity index is 1.94. The van der Waals surface area contributed by atoms with Gasteiger partial charge in [-0.1, -0.05) is 18.7 Å². The van der Waals surface area contributed by atoms with Crippen LogP contribution in [-0.2, 0) is 9.53 Å². The van der Waals surface area contributed by atoms with E-state index in [1.165, 1.54) is 0 Å².